The van der Waals surface area contributed by atoms with Crippen LogP contribution >= 0.6 is 52.9 Å². The topological polar surface area (TPSA) is 167 Å². The first-order valence-corrected chi connectivity index (χ1v) is 21.3. The Morgan fingerprint density at radius 3 is 0.714 bits per heavy atom. The van der Waals surface area contributed by atoms with Crippen molar-refractivity contribution in [2.45, 2.75) is 0 Å². The molecule has 2 aliphatic rings. The maximum absolute atomic E-state index is 11.8. The lowest BCUT2D eigenvalue weighted by Gasteiger charge is -2.31. The Bertz CT molecular complexity index is 784. The number of hydrogen-bond acceptors (Lipinski definition) is 13. The molecule has 0 aromatic carbocycles. The fourth-order valence-corrected chi connectivity index (χ4v) is 20.6. The lowest BCUT2D eigenvalue weighted by molar-refractivity contribution is 0.287. The van der Waals surface area contributed by atoms with Crippen LogP contribution in [0.15, 0.2) is 0 Å². The maximum Gasteiger partial charge on any atom is 0.341 e. The van der Waals surface area contributed by atoms with Crippen LogP contribution in [0.5, 0.6) is 0 Å². The molecule has 2 aliphatic heterocycles. The first-order chi connectivity index (χ1) is 11.9. The van der Waals surface area contributed by atoms with E-state index in [1.54, 1.807) is 0 Å². The molecule has 2 saturated heterocycles. The molecule has 2 fully saturated rings. The number of hydrogen-bond donors (Lipinski definition) is 0. The van der Waals surface area contributed by atoms with E-state index in [4.69, 9.17) is 17.2 Å². The predicted molar refractivity (Wildman–Crippen MR) is 109 cm³/mol. The van der Waals surface area contributed by atoms with Gasteiger partial charge in [-0.15, -0.1) is 0 Å². The van der Waals surface area contributed by atoms with E-state index in [2.05, 4.69) is 19.2 Å². The zero-order valence-electron chi connectivity index (χ0n) is 16.1. The molecule has 168 valence electrons. The molecule has 2 rings (SSSR count). The molecular formula is C8H23O13P7. The van der Waals surface area contributed by atoms with Gasteiger partial charge in [-0.1, -0.05) is 6.30 Å². The lowest BCUT2D eigenvalue weighted by Crippen LogP contribution is -2.01. The summed E-state index contributed by atoms with van der Waals surface area (Å²) in [5, 5.41) is 0. The van der Waals surface area contributed by atoms with E-state index in [9.17, 15) is 27.4 Å². The molecule has 0 aromatic rings. The normalized spacial score (nSPS) is 55.2. The lowest BCUT2D eigenvalue weighted by atomic mass is 11.9. The summed E-state index contributed by atoms with van der Waals surface area (Å²) in [6.45, 7) is 8.02. The van der Waals surface area contributed by atoms with Crippen molar-refractivity contribution in [3.05, 3.63) is 0 Å². The zero-order valence-corrected chi connectivity index (χ0v) is 22.4. The quantitative estimate of drug-likeness (QED) is 0.328. The van der Waals surface area contributed by atoms with Gasteiger partial charge >= 0.3 is 45.6 Å². The predicted octanol–water partition coefficient (Wildman–Crippen LogP) is 5.96. The molecule has 0 spiro atoms. The van der Waals surface area contributed by atoms with Gasteiger partial charge < -0.3 is 0 Å². The van der Waals surface area contributed by atoms with Crippen LogP contribution in [0.2, 0.25) is 0 Å². The van der Waals surface area contributed by atoms with Gasteiger partial charge in [0.1, 0.15) is 7.34 Å². The second-order valence-corrected chi connectivity index (χ2v) is 22.1. The van der Waals surface area contributed by atoms with Crippen LogP contribution in [0, 0.1) is 0 Å². The molecular weight excluding hydrogens is 521 g/mol. The third kappa shape index (κ3) is 10.1. The summed E-state index contributed by atoms with van der Waals surface area (Å²) in [5.41, 5.74) is 0. The van der Waals surface area contributed by atoms with Crippen LogP contribution in [0.1, 0.15) is 0 Å². The smallest absolute Gasteiger partial charge is 0.262 e. The average molecular weight is 544 g/mol. The highest BCUT2D eigenvalue weighted by atomic mass is 31.3. The second-order valence-electron chi connectivity index (χ2n) is 6.21. The van der Waals surface area contributed by atoms with Crippen LogP contribution in [0.4, 0.5) is 0 Å². The zero-order chi connectivity index (χ0) is 22.4. The van der Waals surface area contributed by atoms with E-state index in [-0.39, 0.29) is 0 Å². The van der Waals surface area contributed by atoms with Gasteiger partial charge in [0, 0.05) is 46.7 Å². The van der Waals surface area contributed by atoms with Crippen LogP contribution < -0.4 is 0 Å². The van der Waals surface area contributed by atoms with Gasteiger partial charge in [0.2, 0.25) is 0 Å². The first-order valence-electron chi connectivity index (χ1n) is 7.10. The summed E-state index contributed by atoms with van der Waals surface area (Å²) in [6, 6.07) is 0. The van der Waals surface area contributed by atoms with E-state index >= 15 is 0 Å². The van der Waals surface area contributed by atoms with Gasteiger partial charge in [0.15, 0.2) is 0 Å². The van der Waals surface area contributed by atoms with Crippen molar-refractivity contribution in [1.29, 1.82) is 0 Å². The highest BCUT2D eigenvalue weighted by Gasteiger charge is 2.45. The first kappa shape index (κ1) is 27.4. The Hall–Kier alpha value is 1.40. The third-order valence-corrected chi connectivity index (χ3v) is 19.1. The largest absolute Gasteiger partial charge is 0.341 e. The van der Waals surface area contributed by atoms with Crippen molar-refractivity contribution in [3.63, 3.8) is 0 Å². The summed E-state index contributed by atoms with van der Waals surface area (Å²) >= 11 is 0. The van der Waals surface area contributed by atoms with Crippen LogP contribution in [-0.4, -0.2) is 53.0 Å². The fourth-order valence-electron chi connectivity index (χ4n) is 2.08. The highest BCUT2D eigenvalue weighted by molar-refractivity contribution is 7.82. The van der Waals surface area contributed by atoms with Crippen molar-refractivity contribution in [2.24, 2.45) is 0 Å². The molecule has 28 heavy (non-hydrogen) atoms. The Kier molecular flexibility index (Phi) is 8.22. The molecule has 0 saturated carbocycles. The molecule has 0 aromatic heterocycles. The number of rotatable bonds is 0. The maximum atomic E-state index is 11.8. The minimum absolute atomic E-state index is 1.05. The summed E-state index contributed by atoms with van der Waals surface area (Å²) in [7, 11) is -24.2. The highest BCUT2D eigenvalue weighted by Crippen LogP contribution is 2.79. The van der Waals surface area contributed by atoms with Gasteiger partial charge in [0.05, 0.1) is 0 Å². The Morgan fingerprint density at radius 2 is 0.536 bits per heavy atom. The van der Waals surface area contributed by atoms with Crippen molar-refractivity contribution in [3.8, 4) is 0 Å². The molecule has 0 radical (unpaired) electrons. The van der Waals surface area contributed by atoms with Gasteiger partial charge in [-0.2, -0.15) is 0 Å². The van der Waals surface area contributed by atoms with Crippen molar-refractivity contribution in [2.75, 3.05) is 46.7 Å². The molecule has 13 nitrogen and oxygen atoms in total. The summed E-state index contributed by atoms with van der Waals surface area (Å²) in [6.07, 6.45) is 3.54. The minimum Gasteiger partial charge on any atom is -0.262 e. The van der Waals surface area contributed by atoms with Crippen molar-refractivity contribution >= 4 is 59.2 Å². The van der Waals surface area contributed by atoms with Gasteiger partial charge in [-0.25, -0.2) is 21.6 Å². The molecule has 0 aliphatic carbocycles. The van der Waals surface area contributed by atoms with Crippen LogP contribution in [0.25, 0.3) is 0 Å². The molecule has 2 atom stereocenters. The van der Waals surface area contributed by atoms with Gasteiger partial charge in [-0.3, -0.25) is 36.0 Å². The fraction of sp³-hybridized carbons (Fsp3) is 0.875. The summed E-state index contributed by atoms with van der Waals surface area (Å²) < 4.78 is 102. The molecule has 0 N–H and O–H groups in total. The van der Waals surface area contributed by atoms with Crippen LogP contribution in [-0.2, 0) is 57.6 Å². The SMILES string of the molecule is C=P1(C)OP(C)(=O)OP(C)(=O)OP(C)(=O)O1.CP1(=O)OP(C)(=O)OP(C)(=O)O1. The van der Waals surface area contributed by atoms with E-state index in [1.807, 2.05) is 0 Å². The third-order valence-electron chi connectivity index (χ3n) is 2.13. The molecule has 0 amide bonds. The molecule has 0 bridgehead atoms. The second kappa shape index (κ2) is 8.39. The van der Waals surface area contributed by atoms with E-state index in [1.165, 1.54) is 6.66 Å². The Balaban J connectivity index is 0.000000292. The monoisotopic (exact) mass is 544 g/mol. The minimum atomic E-state index is -3.74. The summed E-state index contributed by atoms with van der Waals surface area (Å²) in [4.78, 5) is 0. The standard InChI is InChI=1S/C5H14O7P4.C3H9O6P3/c1-13(2)9-14(3,6)11-16(5,8)12-15(4,7)10-13;1-10(4)7-11(2,5)9-12(3,6)8-10/h1H2,2-5H3;1-3H3. The van der Waals surface area contributed by atoms with E-state index < -0.39 is 52.9 Å². The molecule has 20 heteroatoms. The average Bonchev–Trinajstić information content (AvgIpc) is 2.10. The van der Waals surface area contributed by atoms with Gasteiger partial charge in [-0.05, 0) is 0 Å². The molecule has 2 heterocycles. The van der Waals surface area contributed by atoms with Gasteiger partial charge in [0.25, 0.3) is 0 Å². The van der Waals surface area contributed by atoms with E-state index in [0.29, 0.717) is 0 Å². The Labute approximate surface area is 163 Å². The van der Waals surface area contributed by atoms with Crippen molar-refractivity contribution < 1.29 is 57.6 Å². The van der Waals surface area contributed by atoms with Crippen molar-refractivity contribution in [1.82, 2.24) is 0 Å². The molecule has 2 unspecified atom stereocenters. The Morgan fingerprint density at radius 1 is 0.393 bits per heavy atom. The van der Waals surface area contributed by atoms with E-state index in [0.717, 1.165) is 40.0 Å². The van der Waals surface area contributed by atoms with Crippen LogP contribution in [0.3, 0.4) is 0 Å². The summed E-state index contributed by atoms with van der Waals surface area (Å²) in [5.74, 6) is 0.